The van der Waals surface area contributed by atoms with Crippen LogP contribution in [0.25, 0.3) is 0 Å². The molecule has 0 saturated heterocycles. The van der Waals surface area contributed by atoms with Crippen LogP contribution in [0.15, 0.2) is 49.6 Å². The minimum Gasteiger partial charge on any atom is -0.464 e. The van der Waals surface area contributed by atoms with E-state index in [2.05, 4.69) is 18.5 Å². The maximum Gasteiger partial charge on any atom is 0.305 e. The van der Waals surface area contributed by atoms with Gasteiger partial charge in [-0.1, -0.05) is 36.4 Å². The molecule has 1 aliphatic heterocycles. The fraction of sp³-hybridized carbons (Fsp3) is 0.480. The minimum atomic E-state index is -0.570. The number of nitrogens with one attached hydrogen (secondary N) is 1. The van der Waals surface area contributed by atoms with Gasteiger partial charge >= 0.3 is 5.97 Å². The number of hydrogen-bond acceptors (Lipinski definition) is 5. The third-order valence-corrected chi connectivity index (χ3v) is 5.58. The first-order chi connectivity index (χ1) is 15.5. The number of amides is 2. The molecule has 0 saturated carbocycles. The zero-order valence-corrected chi connectivity index (χ0v) is 18.6. The second-order valence-corrected chi connectivity index (χ2v) is 7.95. The van der Waals surface area contributed by atoms with E-state index in [1.54, 1.807) is 17.1 Å². The molecule has 0 unspecified atom stereocenters. The van der Waals surface area contributed by atoms with Gasteiger partial charge in [0.25, 0.3) is 0 Å². The van der Waals surface area contributed by atoms with E-state index in [4.69, 9.17) is 4.74 Å². The molecule has 0 spiro atoms. The van der Waals surface area contributed by atoms with Crippen LogP contribution >= 0.6 is 0 Å². The van der Waals surface area contributed by atoms with Crippen molar-refractivity contribution in [3.63, 3.8) is 0 Å². The lowest BCUT2D eigenvalue weighted by molar-refractivity contribution is -0.144. The lowest BCUT2D eigenvalue weighted by Gasteiger charge is -2.36. The highest BCUT2D eigenvalue weighted by Crippen LogP contribution is 2.25. The molecule has 2 N–H and O–H groups in total. The van der Waals surface area contributed by atoms with Crippen LogP contribution in [0.5, 0.6) is 0 Å². The van der Waals surface area contributed by atoms with Gasteiger partial charge in [0.1, 0.15) is 6.61 Å². The predicted octanol–water partition coefficient (Wildman–Crippen LogP) is 2.53. The normalized spacial score (nSPS) is 15.9. The fourth-order valence-corrected chi connectivity index (χ4v) is 3.80. The first-order valence-corrected chi connectivity index (χ1v) is 11.1. The van der Waals surface area contributed by atoms with Crippen molar-refractivity contribution in [1.29, 1.82) is 0 Å². The van der Waals surface area contributed by atoms with Crippen LogP contribution in [0.1, 0.15) is 43.2 Å². The van der Waals surface area contributed by atoms with Crippen LogP contribution < -0.4 is 5.32 Å². The Hall–Kier alpha value is -2.93. The molecule has 32 heavy (non-hydrogen) atoms. The van der Waals surface area contributed by atoms with Crippen molar-refractivity contribution in [3.05, 3.63) is 60.7 Å². The molecule has 1 aromatic carbocycles. The molecule has 0 aliphatic carbocycles. The molecule has 2 rings (SSSR count). The van der Waals surface area contributed by atoms with E-state index in [0.717, 1.165) is 17.5 Å². The Labute approximate surface area is 190 Å². The number of nitrogens with zero attached hydrogens (tertiary/aromatic N) is 1. The number of aliphatic hydroxyl groups excluding tert-OH is 1. The van der Waals surface area contributed by atoms with Crippen molar-refractivity contribution >= 4 is 17.8 Å². The van der Waals surface area contributed by atoms with Gasteiger partial charge in [-0.05, 0) is 36.8 Å². The summed E-state index contributed by atoms with van der Waals surface area (Å²) in [7, 11) is 0. The zero-order chi connectivity index (χ0) is 23.3. The van der Waals surface area contributed by atoms with Crippen molar-refractivity contribution < 1.29 is 24.2 Å². The van der Waals surface area contributed by atoms with Gasteiger partial charge in [-0.2, -0.15) is 0 Å². The number of hydrogen-bond donors (Lipinski definition) is 2. The van der Waals surface area contributed by atoms with Crippen LogP contribution in [0.4, 0.5) is 0 Å². The van der Waals surface area contributed by atoms with Crippen LogP contribution in [-0.4, -0.2) is 53.6 Å². The Kier molecular flexibility index (Phi) is 10.7. The Bertz CT molecular complexity index is 807. The predicted molar refractivity (Wildman–Crippen MR) is 123 cm³/mol. The molecule has 0 radical (unpaired) electrons. The third kappa shape index (κ3) is 7.64. The topological polar surface area (TPSA) is 95.9 Å². The van der Waals surface area contributed by atoms with E-state index in [1.807, 2.05) is 24.3 Å². The molecule has 1 aromatic rings. The number of allylic oxidation sites excluding steroid dienone is 2. The van der Waals surface area contributed by atoms with E-state index in [0.29, 0.717) is 32.2 Å². The summed E-state index contributed by atoms with van der Waals surface area (Å²) in [6.07, 6.45) is 6.10. The molecule has 2 atom stereocenters. The summed E-state index contributed by atoms with van der Waals surface area (Å²) in [4.78, 5) is 38.9. The Morgan fingerprint density at radius 1 is 1.22 bits per heavy atom. The van der Waals surface area contributed by atoms with Crippen LogP contribution in [0.3, 0.4) is 0 Å². The molecule has 0 fully saturated rings. The van der Waals surface area contributed by atoms with Crippen LogP contribution in [-0.2, 0) is 32.1 Å². The lowest BCUT2D eigenvalue weighted by atomic mass is 9.92. The molecular weight excluding hydrogens is 408 g/mol. The molecule has 2 amide bonds. The number of unbranched alkanes of at least 4 members (excludes halogenated alkanes) is 1. The van der Waals surface area contributed by atoms with E-state index in [-0.39, 0.29) is 50.0 Å². The standard InChI is InChI=1S/C25H34N2O5/c1-3-5-6-12-24(30)32-14-13-26-25(31)20(9-4-2)16-23(29)27-17-21-11-8-7-10-19(21)15-22(27)18-28/h3-4,7-8,10-11,20,22,28H,1-2,5-6,9,12-18H2,(H,26,31)/t20-,22-/m0/s1. The van der Waals surface area contributed by atoms with Crippen LogP contribution in [0.2, 0.25) is 0 Å². The second kappa shape index (κ2) is 13.5. The maximum absolute atomic E-state index is 13.0. The van der Waals surface area contributed by atoms with Gasteiger partial charge in [0.15, 0.2) is 0 Å². The Morgan fingerprint density at radius 3 is 2.66 bits per heavy atom. The average molecular weight is 443 g/mol. The van der Waals surface area contributed by atoms with Crippen molar-refractivity contribution in [3.8, 4) is 0 Å². The SMILES string of the molecule is C=CCCCC(=O)OCCNC(=O)[C@@H](CC=C)CC(=O)N1Cc2ccccc2C[C@H]1CO. The van der Waals surface area contributed by atoms with Crippen molar-refractivity contribution in [2.45, 2.75) is 51.1 Å². The monoisotopic (exact) mass is 442 g/mol. The molecule has 0 aromatic heterocycles. The summed E-state index contributed by atoms with van der Waals surface area (Å²) in [5.74, 6) is -1.33. The maximum atomic E-state index is 13.0. The van der Waals surface area contributed by atoms with E-state index < -0.39 is 5.92 Å². The molecule has 1 heterocycles. The summed E-state index contributed by atoms with van der Waals surface area (Å²) in [5, 5.41) is 12.5. The van der Waals surface area contributed by atoms with E-state index >= 15 is 0 Å². The van der Waals surface area contributed by atoms with Gasteiger partial charge in [-0.3, -0.25) is 14.4 Å². The van der Waals surface area contributed by atoms with Gasteiger partial charge in [-0.15, -0.1) is 13.2 Å². The van der Waals surface area contributed by atoms with Gasteiger partial charge in [0, 0.05) is 19.4 Å². The summed E-state index contributed by atoms with van der Waals surface area (Å²) in [6, 6.07) is 7.58. The third-order valence-electron chi connectivity index (χ3n) is 5.58. The van der Waals surface area contributed by atoms with Gasteiger partial charge < -0.3 is 20.1 Å². The fourth-order valence-electron chi connectivity index (χ4n) is 3.80. The highest BCUT2D eigenvalue weighted by atomic mass is 16.5. The summed E-state index contributed by atoms with van der Waals surface area (Å²) in [5.41, 5.74) is 2.19. The first-order valence-electron chi connectivity index (χ1n) is 11.1. The lowest BCUT2D eigenvalue weighted by Crippen LogP contribution is -2.47. The quantitative estimate of drug-likeness (QED) is 0.278. The summed E-state index contributed by atoms with van der Waals surface area (Å²) >= 11 is 0. The van der Waals surface area contributed by atoms with E-state index in [9.17, 15) is 19.5 Å². The number of benzene rings is 1. The zero-order valence-electron chi connectivity index (χ0n) is 18.6. The highest BCUT2D eigenvalue weighted by molar-refractivity contribution is 5.86. The summed E-state index contributed by atoms with van der Waals surface area (Å²) < 4.78 is 5.11. The second-order valence-electron chi connectivity index (χ2n) is 7.95. The number of rotatable bonds is 13. The molecule has 0 bridgehead atoms. The van der Waals surface area contributed by atoms with Gasteiger partial charge in [0.05, 0.1) is 25.1 Å². The van der Waals surface area contributed by atoms with Crippen molar-refractivity contribution in [1.82, 2.24) is 10.2 Å². The van der Waals surface area contributed by atoms with E-state index in [1.165, 1.54) is 0 Å². The highest BCUT2D eigenvalue weighted by Gasteiger charge is 2.31. The largest absolute Gasteiger partial charge is 0.464 e. The number of carbonyl (C=O) groups is 3. The minimum absolute atomic E-state index is 0.0257. The molecule has 7 heteroatoms. The molecular formula is C25H34N2O5. The number of esters is 1. The molecule has 174 valence electrons. The number of fused-ring (bicyclic) bond motifs is 1. The Morgan fingerprint density at radius 2 is 1.97 bits per heavy atom. The Balaban J connectivity index is 1.86. The number of ether oxygens (including phenoxy) is 1. The van der Waals surface area contributed by atoms with Crippen molar-refractivity contribution in [2.24, 2.45) is 5.92 Å². The average Bonchev–Trinajstić information content (AvgIpc) is 2.80. The van der Waals surface area contributed by atoms with Gasteiger partial charge in [-0.25, -0.2) is 0 Å². The summed E-state index contributed by atoms with van der Waals surface area (Å²) in [6.45, 7) is 7.87. The number of aliphatic hydroxyl groups is 1. The first kappa shape index (κ1) is 25.3. The van der Waals surface area contributed by atoms with Gasteiger partial charge in [0.2, 0.25) is 11.8 Å². The van der Waals surface area contributed by atoms with Crippen molar-refractivity contribution in [2.75, 3.05) is 19.8 Å². The molecule has 1 aliphatic rings. The smallest absolute Gasteiger partial charge is 0.305 e. The number of carbonyl (C=O) groups excluding carboxylic acids is 3. The molecule has 7 nitrogen and oxygen atoms in total. The van der Waals surface area contributed by atoms with Crippen LogP contribution in [0, 0.1) is 5.92 Å².